The molecule has 1 N–H and O–H groups in total. The van der Waals surface area contributed by atoms with E-state index >= 15 is 0 Å². The van der Waals surface area contributed by atoms with Gasteiger partial charge in [-0.1, -0.05) is 55.8 Å². The van der Waals surface area contributed by atoms with E-state index in [1.165, 1.54) is 5.56 Å². The van der Waals surface area contributed by atoms with E-state index in [1.807, 2.05) is 29.2 Å². The first-order chi connectivity index (χ1) is 17.6. The van der Waals surface area contributed by atoms with Crippen molar-refractivity contribution in [2.24, 2.45) is 5.92 Å². The van der Waals surface area contributed by atoms with E-state index in [2.05, 4.69) is 41.4 Å². The van der Waals surface area contributed by atoms with Gasteiger partial charge in [-0.05, 0) is 30.0 Å². The summed E-state index contributed by atoms with van der Waals surface area (Å²) in [6, 6.07) is 15.9. The van der Waals surface area contributed by atoms with Gasteiger partial charge in [-0.2, -0.15) is 0 Å². The first kappa shape index (κ1) is 26.2. The number of hydrogen-bond acceptors (Lipinski definition) is 5. The molecule has 2 unspecified atom stereocenters. The number of morpholine rings is 1. The van der Waals surface area contributed by atoms with Gasteiger partial charge in [-0.15, -0.1) is 0 Å². The molecule has 2 saturated heterocycles. The Morgan fingerprint density at radius 2 is 1.81 bits per heavy atom. The predicted molar refractivity (Wildman–Crippen MR) is 139 cm³/mol. The van der Waals surface area contributed by atoms with Gasteiger partial charge >= 0.3 is 0 Å². The van der Waals surface area contributed by atoms with Crippen molar-refractivity contribution in [2.75, 3.05) is 40.0 Å². The minimum absolute atomic E-state index is 0.0164. The summed E-state index contributed by atoms with van der Waals surface area (Å²) < 4.78 is 11.1. The number of para-hydroxylation sites is 1. The highest BCUT2D eigenvalue weighted by molar-refractivity contribution is 5.85. The molecule has 2 aromatic rings. The van der Waals surface area contributed by atoms with Crippen molar-refractivity contribution in [2.45, 2.75) is 51.7 Å². The Kier molecular flexibility index (Phi) is 9.36. The number of likely N-dealkylation sites (tertiary alicyclic amines) is 1. The van der Waals surface area contributed by atoms with Crippen LogP contribution in [0.4, 0.5) is 0 Å². The number of ether oxygens (including phenoxy) is 2. The lowest BCUT2D eigenvalue weighted by molar-refractivity contribution is -0.143. The summed E-state index contributed by atoms with van der Waals surface area (Å²) in [6.45, 7) is 7.66. The second-order valence-corrected chi connectivity index (χ2v) is 9.70. The standard InChI is InChI=1S/C29H39N3O4/c1-3-4-15-32-27(33)14-13-25(28(32)24-7-5-6-8-26(24)35-2)29(34)30-20-22-9-11-23(12-10-22)21-31-16-18-36-19-17-31/h5-12,25,28H,3-4,13-21H2,1-2H3,(H,30,34). The maximum atomic E-state index is 13.5. The third-order valence-electron chi connectivity index (χ3n) is 7.25. The fourth-order valence-electron chi connectivity index (χ4n) is 5.22. The van der Waals surface area contributed by atoms with Crippen LogP contribution in [-0.2, 0) is 27.4 Å². The normalized spacial score (nSPS) is 20.8. The van der Waals surface area contributed by atoms with Gasteiger partial charge < -0.3 is 19.7 Å². The Labute approximate surface area is 214 Å². The molecule has 0 aromatic heterocycles. The van der Waals surface area contributed by atoms with Gasteiger partial charge in [0.15, 0.2) is 0 Å². The molecule has 4 rings (SSSR count). The van der Waals surface area contributed by atoms with Crippen molar-refractivity contribution in [3.63, 3.8) is 0 Å². The fraction of sp³-hybridized carbons (Fsp3) is 0.517. The third-order valence-corrected chi connectivity index (χ3v) is 7.25. The first-order valence-corrected chi connectivity index (χ1v) is 13.2. The molecule has 7 nitrogen and oxygen atoms in total. The molecular weight excluding hydrogens is 454 g/mol. The molecule has 36 heavy (non-hydrogen) atoms. The number of carbonyl (C=O) groups is 2. The number of rotatable bonds is 10. The van der Waals surface area contributed by atoms with Crippen LogP contribution in [0.5, 0.6) is 5.75 Å². The quantitative estimate of drug-likeness (QED) is 0.543. The van der Waals surface area contributed by atoms with Gasteiger partial charge in [-0.3, -0.25) is 14.5 Å². The molecule has 2 atom stereocenters. The molecule has 2 aromatic carbocycles. The lowest BCUT2D eigenvalue weighted by atomic mass is 9.83. The second-order valence-electron chi connectivity index (χ2n) is 9.70. The Hall–Kier alpha value is -2.90. The number of piperidine rings is 1. The second kappa shape index (κ2) is 12.9. The lowest BCUT2D eigenvalue weighted by Gasteiger charge is -2.41. The van der Waals surface area contributed by atoms with Gasteiger partial charge in [0.2, 0.25) is 11.8 Å². The first-order valence-electron chi connectivity index (χ1n) is 13.2. The van der Waals surface area contributed by atoms with Gasteiger partial charge in [0.1, 0.15) is 5.75 Å². The van der Waals surface area contributed by atoms with Crippen molar-refractivity contribution in [1.82, 2.24) is 15.1 Å². The van der Waals surface area contributed by atoms with Crippen LogP contribution in [0.15, 0.2) is 48.5 Å². The van der Waals surface area contributed by atoms with Crippen molar-refractivity contribution in [1.29, 1.82) is 0 Å². The minimum Gasteiger partial charge on any atom is -0.496 e. The predicted octanol–water partition coefficient (Wildman–Crippen LogP) is 3.92. The monoisotopic (exact) mass is 493 g/mol. The summed E-state index contributed by atoms with van der Waals surface area (Å²) in [7, 11) is 1.64. The average Bonchev–Trinajstić information content (AvgIpc) is 2.92. The lowest BCUT2D eigenvalue weighted by Crippen LogP contribution is -2.48. The van der Waals surface area contributed by atoms with Crippen molar-refractivity contribution in [3.05, 3.63) is 65.2 Å². The number of benzene rings is 2. The molecule has 7 heteroatoms. The largest absolute Gasteiger partial charge is 0.496 e. The Morgan fingerprint density at radius 1 is 1.08 bits per heavy atom. The van der Waals surface area contributed by atoms with Crippen LogP contribution in [0, 0.1) is 5.92 Å². The fourth-order valence-corrected chi connectivity index (χ4v) is 5.22. The highest BCUT2D eigenvalue weighted by atomic mass is 16.5. The van der Waals surface area contributed by atoms with Crippen LogP contribution in [0.3, 0.4) is 0 Å². The van der Waals surface area contributed by atoms with Crippen LogP contribution in [-0.4, -0.2) is 61.6 Å². The molecule has 2 fully saturated rings. The summed E-state index contributed by atoms with van der Waals surface area (Å²) in [6.07, 6.45) is 2.82. The summed E-state index contributed by atoms with van der Waals surface area (Å²) in [5.41, 5.74) is 3.23. The molecule has 194 valence electrons. The van der Waals surface area contributed by atoms with Crippen LogP contribution >= 0.6 is 0 Å². The Bertz CT molecular complexity index is 1000. The van der Waals surface area contributed by atoms with Gasteiger partial charge in [0, 0.05) is 44.7 Å². The summed E-state index contributed by atoms with van der Waals surface area (Å²) in [5.74, 6) is 0.486. The van der Waals surface area contributed by atoms with E-state index in [0.717, 1.165) is 56.8 Å². The molecular formula is C29H39N3O4. The number of carbonyl (C=O) groups excluding carboxylic acids is 2. The van der Waals surface area contributed by atoms with E-state index in [1.54, 1.807) is 7.11 Å². The van der Waals surface area contributed by atoms with Gasteiger partial charge in [0.25, 0.3) is 0 Å². The van der Waals surface area contributed by atoms with Crippen LogP contribution in [0.1, 0.15) is 55.3 Å². The Morgan fingerprint density at radius 3 is 2.53 bits per heavy atom. The molecule has 2 amide bonds. The SMILES string of the molecule is CCCCN1C(=O)CCC(C(=O)NCc2ccc(CN3CCOCC3)cc2)C1c1ccccc1OC. The molecule has 2 aliphatic heterocycles. The zero-order chi connectivity index (χ0) is 25.3. The number of methoxy groups -OCH3 is 1. The highest BCUT2D eigenvalue weighted by Crippen LogP contribution is 2.40. The van der Waals surface area contributed by atoms with Crippen LogP contribution in [0.2, 0.25) is 0 Å². The third kappa shape index (κ3) is 6.45. The molecule has 2 aliphatic rings. The molecule has 0 spiro atoms. The summed E-state index contributed by atoms with van der Waals surface area (Å²) in [4.78, 5) is 30.7. The molecule has 0 aliphatic carbocycles. The summed E-state index contributed by atoms with van der Waals surface area (Å²) >= 11 is 0. The molecule has 0 radical (unpaired) electrons. The number of nitrogens with one attached hydrogen (secondary N) is 1. The van der Waals surface area contributed by atoms with Crippen LogP contribution in [0.25, 0.3) is 0 Å². The number of hydrogen-bond donors (Lipinski definition) is 1. The maximum absolute atomic E-state index is 13.5. The van der Waals surface area contributed by atoms with E-state index in [0.29, 0.717) is 31.7 Å². The average molecular weight is 494 g/mol. The van der Waals surface area contributed by atoms with Gasteiger partial charge in [0.05, 0.1) is 32.3 Å². The number of unbranched alkanes of at least 4 members (excludes halogenated alkanes) is 1. The molecule has 0 bridgehead atoms. The zero-order valence-electron chi connectivity index (χ0n) is 21.6. The smallest absolute Gasteiger partial charge is 0.225 e. The highest BCUT2D eigenvalue weighted by Gasteiger charge is 2.41. The van der Waals surface area contributed by atoms with E-state index in [9.17, 15) is 9.59 Å². The van der Waals surface area contributed by atoms with E-state index in [-0.39, 0.29) is 23.8 Å². The van der Waals surface area contributed by atoms with Crippen molar-refractivity contribution in [3.8, 4) is 5.75 Å². The Balaban J connectivity index is 1.45. The van der Waals surface area contributed by atoms with E-state index < -0.39 is 0 Å². The molecule has 0 saturated carbocycles. The topological polar surface area (TPSA) is 71.1 Å². The van der Waals surface area contributed by atoms with Crippen molar-refractivity contribution < 1.29 is 19.1 Å². The number of nitrogens with zero attached hydrogens (tertiary/aromatic N) is 2. The van der Waals surface area contributed by atoms with E-state index in [4.69, 9.17) is 9.47 Å². The molecule has 2 heterocycles. The maximum Gasteiger partial charge on any atom is 0.225 e. The van der Waals surface area contributed by atoms with Gasteiger partial charge in [-0.25, -0.2) is 0 Å². The minimum atomic E-state index is -0.329. The van der Waals surface area contributed by atoms with Crippen LogP contribution < -0.4 is 10.1 Å². The summed E-state index contributed by atoms with van der Waals surface area (Å²) in [5, 5.41) is 3.15. The number of amides is 2. The zero-order valence-corrected chi connectivity index (χ0v) is 21.6. The van der Waals surface area contributed by atoms with Crippen molar-refractivity contribution >= 4 is 11.8 Å².